The molecule has 9 heteroatoms. The molecule has 1 saturated heterocycles. The molecule has 0 aliphatic carbocycles. The lowest BCUT2D eigenvalue weighted by molar-refractivity contribution is 0.192. The number of anilines is 1. The summed E-state index contributed by atoms with van der Waals surface area (Å²) in [5, 5.41) is 0. The first-order chi connectivity index (χ1) is 8.53. The Labute approximate surface area is 113 Å². The van der Waals surface area contributed by atoms with Gasteiger partial charge in [-0.3, -0.25) is 0 Å². The molecule has 1 aromatic rings. The summed E-state index contributed by atoms with van der Waals surface area (Å²) in [6, 6.07) is 1.24. The van der Waals surface area contributed by atoms with Crippen molar-refractivity contribution in [2.24, 2.45) is 5.84 Å². The van der Waals surface area contributed by atoms with Crippen molar-refractivity contribution in [3.63, 3.8) is 0 Å². The first-order valence-corrected chi connectivity index (χ1v) is 7.53. The quantitative estimate of drug-likeness (QED) is 0.535. The van der Waals surface area contributed by atoms with E-state index in [1.54, 1.807) is 0 Å². The van der Waals surface area contributed by atoms with Crippen LogP contribution in [0, 0.1) is 0 Å². The van der Waals surface area contributed by atoms with Crippen molar-refractivity contribution in [1.29, 1.82) is 0 Å². The summed E-state index contributed by atoms with van der Waals surface area (Å²) in [5.41, 5.74) is 2.27. The molecule has 1 unspecified atom stereocenters. The molecule has 0 bridgehead atoms. The van der Waals surface area contributed by atoms with Crippen LogP contribution in [-0.4, -0.2) is 32.7 Å². The van der Waals surface area contributed by atoms with E-state index >= 15 is 0 Å². The van der Waals surface area contributed by atoms with Gasteiger partial charge in [-0.15, -0.1) is 0 Å². The van der Waals surface area contributed by atoms with Gasteiger partial charge in [0.15, 0.2) is 5.82 Å². The van der Waals surface area contributed by atoms with Crippen molar-refractivity contribution in [1.82, 2.24) is 9.71 Å². The maximum atomic E-state index is 12.2. The normalized spacial score (nSPS) is 20.0. The van der Waals surface area contributed by atoms with Gasteiger partial charge in [0.05, 0.1) is 6.61 Å². The fourth-order valence-electron chi connectivity index (χ4n) is 1.64. The molecule has 1 atom stereocenters. The minimum absolute atomic E-state index is 0.00581. The van der Waals surface area contributed by atoms with Crippen LogP contribution in [0.25, 0.3) is 0 Å². The second-order valence-corrected chi connectivity index (χ2v) is 6.42. The largest absolute Gasteiger partial charge is 0.380 e. The first kappa shape index (κ1) is 13.7. The number of nitrogen functional groups attached to an aromatic ring is 1. The summed E-state index contributed by atoms with van der Waals surface area (Å²) in [6.45, 7) is 0.942. The highest BCUT2D eigenvalue weighted by Crippen LogP contribution is 2.22. The molecule has 0 saturated carbocycles. The minimum atomic E-state index is -3.67. The predicted molar refractivity (Wildman–Crippen MR) is 69.3 cm³/mol. The van der Waals surface area contributed by atoms with Gasteiger partial charge in [-0.2, -0.15) is 0 Å². The van der Waals surface area contributed by atoms with Crippen LogP contribution in [0.3, 0.4) is 0 Å². The Kier molecular flexibility index (Phi) is 4.17. The number of hydrazine groups is 1. The Morgan fingerprint density at radius 1 is 1.56 bits per heavy atom. The highest BCUT2D eigenvalue weighted by molar-refractivity contribution is 9.10. The second kappa shape index (κ2) is 5.49. The van der Waals surface area contributed by atoms with E-state index in [1.807, 2.05) is 0 Å². The van der Waals surface area contributed by atoms with E-state index in [2.05, 4.69) is 31.1 Å². The Hall–Kier alpha value is -0.740. The molecule has 4 N–H and O–H groups in total. The monoisotopic (exact) mass is 336 g/mol. The summed E-state index contributed by atoms with van der Waals surface area (Å²) in [5.74, 6) is 5.36. The van der Waals surface area contributed by atoms with Crippen LogP contribution >= 0.6 is 15.9 Å². The van der Waals surface area contributed by atoms with Gasteiger partial charge >= 0.3 is 0 Å². The van der Waals surface area contributed by atoms with Crippen molar-refractivity contribution in [2.75, 3.05) is 18.6 Å². The van der Waals surface area contributed by atoms with Crippen molar-refractivity contribution < 1.29 is 13.2 Å². The molecule has 1 fully saturated rings. The van der Waals surface area contributed by atoms with Crippen LogP contribution in [0.15, 0.2) is 21.6 Å². The predicted octanol–water partition coefficient (Wildman–Crippen LogP) is 0.197. The zero-order valence-corrected chi connectivity index (χ0v) is 11.8. The van der Waals surface area contributed by atoms with Crippen LogP contribution in [0.1, 0.15) is 6.42 Å². The highest BCUT2D eigenvalue weighted by atomic mass is 79.9. The lowest BCUT2D eigenvalue weighted by Gasteiger charge is -2.13. The molecule has 1 aromatic heterocycles. The molecule has 1 aliphatic heterocycles. The zero-order chi connectivity index (χ0) is 13.2. The Balaban J connectivity index is 2.30. The van der Waals surface area contributed by atoms with E-state index in [0.717, 1.165) is 0 Å². The third-order valence-corrected chi connectivity index (χ3v) is 4.46. The summed E-state index contributed by atoms with van der Waals surface area (Å²) < 4.78 is 32.6. The molecule has 0 amide bonds. The average Bonchev–Trinajstić information content (AvgIpc) is 2.81. The molecule has 0 aromatic carbocycles. The molecule has 1 aliphatic rings. The van der Waals surface area contributed by atoms with Crippen LogP contribution in [0.2, 0.25) is 0 Å². The van der Waals surface area contributed by atoms with E-state index in [0.29, 0.717) is 24.1 Å². The smallest absolute Gasteiger partial charge is 0.244 e. The summed E-state index contributed by atoms with van der Waals surface area (Å²) in [7, 11) is -3.67. The number of aromatic nitrogens is 1. The maximum absolute atomic E-state index is 12.2. The van der Waals surface area contributed by atoms with Crippen molar-refractivity contribution in [2.45, 2.75) is 17.4 Å². The van der Waals surface area contributed by atoms with Gasteiger partial charge in [0.25, 0.3) is 0 Å². The standard InChI is InChI=1S/C9H13BrN4O3S/c10-6-3-8(9(13-11)12-4-6)18(15,16)14-7-1-2-17-5-7/h3-4,7,14H,1-2,5,11H2,(H,12,13). The van der Waals surface area contributed by atoms with Crippen LogP contribution < -0.4 is 16.0 Å². The molecule has 100 valence electrons. The van der Waals surface area contributed by atoms with Crippen molar-refractivity contribution in [3.8, 4) is 0 Å². The Morgan fingerprint density at radius 3 is 2.94 bits per heavy atom. The van der Waals surface area contributed by atoms with Gasteiger partial charge in [0.1, 0.15) is 4.90 Å². The van der Waals surface area contributed by atoms with Gasteiger partial charge in [0.2, 0.25) is 10.0 Å². The molecule has 7 nitrogen and oxygen atoms in total. The number of rotatable bonds is 4. The van der Waals surface area contributed by atoms with E-state index in [4.69, 9.17) is 10.6 Å². The average molecular weight is 337 g/mol. The van der Waals surface area contributed by atoms with Gasteiger partial charge in [-0.25, -0.2) is 24.0 Å². The molecule has 2 rings (SSSR count). The molecular formula is C9H13BrN4O3S. The second-order valence-electron chi connectivity index (χ2n) is 3.83. The maximum Gasteiger partial charge on any atom is 0.244 e. The fourth-order valence-corrected chi connectivity index (χ4v) is 3.53. The topological polar surface area (TPSA) is 106 Å². The fraction of sp³-hybridized carbons (Fsp3) is 0.444. The first-order valence-electron chi connectivity index (χ1n) is 5.25. The van der Waals surface area contributed by atoms with Gasteiger partial charge < -0.3 is 10.2 Å². The van der Waals surface area contributed by atoms with E-state index in [-0.39, 0.29) is 16.8 Å². The summed E-state index contributed by atoms with van der Waals surface area (Å²) >= 11 is 3.18. The lowest BCUT2D eigenvalue weighted by Crippen LogP contribution is -2.35. The van der Waals surface area contributed by atoms with E-state index in [9.17, 15) is 8.42 Å². The molecule has 2 heterocycles. The van der Waals surface area contributed by atoms with Gasteiger partial charge in [0, 0.05) is 23.3 Å². The van der Waals surface area contributed by atoms with Crippen molar-refractivity contribution >= 4 is 31.8 Å². The lowest BCUT2D eigenvalue weighted by atomic mass is 10.3. The molecular weight excluding hydrogens is 324 g/mol. The number of nitrogens with one attached hydrogen (secondary N) is 2. The van der Waals surface area contributed by atoms with Gasteiger partial charge in [-0.1, -0.05) is 0 Å². The third kappa shape index (κ3) is 2.98. The number of ether oxygens (including phenoxy) is 1. The molecule has 0 spiro atoms. The number of nitrogens with zero attached hydrogens (tertiary/aromatic N) is 1. The SMILES string of the molecule is NNc1ncc(Br)cc1S(=O)(=O)NC1CCOC1. The number of hydrogen-bond donors (Lipinski definition) is 3. The van der Waals surface area contributed by atoms with E-state index in [1.165, 1.54) is 12.3 Å². The number of halogens is 1. The summed E-state index contributed by atoms with van der Waals surface area (Å²) in [4.78, 5) is 3.91. The zero-order valence-electron chi connectivity index (χ0n) is 9.39. The third-order valence-electron chi connectivity index (χ3n) is 2.50. The van der Waals surface area contributed by atoms with E-state index < -0.39 is 10.0 Å². The van der Waals surface area contributed by atoms with Crippen molar-refractivity contribution in [3.05, 3.63) is 16.7 Å². The van der Waals surface area contributed by atoms with Crippen LogP contribution in [-0.2, 0) is 14.8 Å². The summed E-state index contributed by atoms with van der Waals surface area (Å²) in [6.07, 6.45) is 2.12. The molecule has 0 radical (unpaired) electrons. The highest BCUT2D eigenvalue weighted by Gasteiger charge is 2.26. The van der Waals surface area contributed by atoms with Crippen LogP contribution in [0.5, 0.6) is 0 Å². The Morgan fingerprint density at radius 2 is 2.33 bits per heavy atom. The minimum Gasteiger partial charge on any atom is -0.380 e. The number of hydrogen-bond acceptors (Lipinski definition) is 6. The number of pyridine rings is 1. The van der Waals surface area contributed by atoms with Crippen LogP contribution in [0.4, 0.5) is 5.82 Å². The number of nitrogens with two attached hydrogens (primary N) is 1. The Bertz CT molecular complexity index is 531. The van der Waals surface area contributed by atoms with Gasteiger partial charge in [-0.05, 0) is 28.4 Å². The molecule has 18 heavy (non-hydrogen) atoms. The number of sulfonamides is 1.